The van der Waals surface area contributed by atoms with E-state index in [2.05, 4.69) is 17.2 Å². The number of aryl methyl sites for hydroxylation is 3. The zero-order valence-electron chi connectivity index (χ0n) is 19.0. The van der Waals surface area contributed by atoms with Crippen molar-refractivity contribution in [3.05, 3.63) is 46.8 Å². The van der Waals surface area contributed by atoms with Crippen molar-refractivity contribution in [2.45, 2.75) is 51.9 Å². The van der Waals surface area contributed by atoms with Crippen molar-refractivity contribution < 1.29 is 22.7 Å². The van der Waals surface area contributed by atoms with Crippen molar-refractivity contribution in [3.8, 4) is 0 Å². The predicted octanol–water partition coefficient (Wildman–Crippen LogP) is 3.41. The smallest absolute Gasteiger partial charge is 0.341 e. The van der Waals surface area contributed by atoms with Crippen molar-refractivity contribution >= 4 is 27.6 Å². The van der Waals surface area contributed by atoms with Gasteiger partial charge in [-0.05, 0) is 57.7 Å². The Balaban J connectivity index is 1.81. The van der Waals surface area contributed by atoms with Crippen molar-refractivity contribution in [1.82, 2.24) is 9.29 Å². The fourth-order valence-electron chi connectivity index (χ4n) is 4.10. The molecule has 2 N–H and O–H groups in total. The Morgan fingerprint density at radius 1 is 1.16 bits per heavy atom. The first-order valence-electron chi connectivity index (χ1n) is 10.9. The molecule has 2 aromatic rings. The average Bonchev–Trinajstić information content (AvgIpc) is 3.09. The van der Waals surface area contributed by atoms with E-state index < -0.39 is 21.9 Å². The Morgan fingerprint density at radius 3 is 2.47 bits per heavy atom. The number of hydrogen-bond acceptors (Lipinski definition) is 5. The third-order valence-corrected chi connectivity index (χ3v) is 7.82. The van der Waals surface area contributed by atoms with Gasteiger partial charge in [-0.15, -0.1) is 0 Å². The molecule has 32 heavy (non-hydrogen) atoms. The summed E-state index contributed by atoms with van der Waals surface area (Å²) in [5.74, 6) is -1.35. The van der Waals surface area contributed by atoms with Crippen LogP contribution in [0.25, 0.3) is 0 Å². The highest BCUT2D eigenvalue weighted by molar-refractivity contribution is 7.89. The molecular formula is C23H31N3O5S. The highest BCUT2D eigenvalue weighted by atomic mass is 32.2. The van der Waals surface area contributed by atoms with E-state index in [-0.39, 0.29) is 29.5 Å². The van der Waals surface area contributed by atoms with Crippen molar-refractivity contribution in [3.63, 3.8) is 0 Å². The Labute approximate surface area is 189 Å². The SMILES string of the molecule is CCOC(=O)c1c(C)[nH]c(C)c1S(=O)(=O)N1CCC[C@@H](C(=O)Nc2ccc(CC)cc2)C1. The number of carbonyl (C=O) groups is 2. The molecule has 3 rings (SSSR count). The first-order valence-corrected chi connectivity index (χ1v) is 12.4. The van der Waals surface area contributed by atoms with E-state index in [4.69, 9.17) is 4.74 Å². The molecule has 2 heterocycles. The van der Waals surface area contributed by atoms with Gasteiger partial charge in [0.05, 0.1) is 12.5 Å². The fraction of sp³-hybridized carbons (Fsp3) is 0.478. The molecule has 0 unspecified atom stereocenters. The number of rotatable bonds is 7. The number of piperidine rings is 1. The van der Waals surface area contributed by atoms with Gasteiger partial charge in [-0.25, -0.2) is 13.2 Å². The van der Waals surface area contributed by atoms with Gasteiger partial charge in [-0.2, -0.15) is 4.31 Å². The number of esters is 1. The molecule has 0 bridgehead atoms. The lowest BCUT2D eigenvalue weighted by molar-refractivity contribution is -0.120. The van der Waals surface area contributed by atoms with Gasteiger partial charge < -0.3 is 15.0 Å². The summed E-state index contributed by atoms with van der Waals surface area (Å²) in [7, 11) is -3.99. The Hall–Kier alpha value is -2.65. The number of amides is 1. The monoisotopic (exact) mass is 461 g/mol. The topological polar surface area (TPSA) is 109 Å². The number of sulfonamides is 1. The molecule has 1 atom stereocenters. The quantitative estimate of drug-likeness (QED) is 0.614. The molecule has 1 aromatic heterocycles. The van der Waals surface area contributed by atoms with Crippen LogP contribution in [0.5, 0.6) is 0 Å². The number of H-pyrrole nitrogens is 1. The Kier molecular flexibility index (Phi) is 7.40. The zero-order chi connectivity index (χ0) is 23.5. The number of carbonyl (C=O) groups excluding carboxylic acids is 2. The van der Waals surface area contributed by atoms with Crippen LogP contribution in [0.2, 0.25) is 0 Å². The lowest BCUT2D eigenvalue weighted by atomic mass is 9.98. The van der Waals surface area contributed by atoms with E-state index >= 15 is 0 Å². The molecule has 1 aliphatic rings. The van der Waals surface area contributed by atoms with Gasteiger partial charge in [0, 0.05) is 30.2 Å². The second kappa shape index (κ2) is 9.87. The normalized spacial score (nSPS) is 17.2. The molecule has 0 saturated carbocycles. The number of aromatic nitrogens is 1. The van der Waals surface area contributed by atoms with Crippen LogP contribution in [0, 0.1) is 19.8 Å². The third kappa shape index (κ3) is 4.88. The van der Waals surface area contributed by atoms with E-state index in [9.17, 15) is 18.0 Å². The van der Waals surface area contributed by atoms with Crippen LogP contribution in [0.4, 0.5) is 5.69 Å². The fourth-order valence-corrected chi connectivity index (χ4v) is 6.04. The minimum Gasteiger partial charge on any atom is -0.462 e. The van der Waals surface area contributed by atoms with Gasteiger partial charge in [-0.3, -0.25) is 4.79 Å². The third-order valence-electron chi connectivity index (χ3n) is 5.78. The molecular weight excluding hydrogens is 430 g/mol. The van der Waals surface area contributed by atoms with Crippen LogP contribution >= 0.6 is 0 Å². The van der Waals surface area contributed by atoms with E-state index in [1.807, 2.05) is 24.3 Å². The first kappa shape index (κ1) is 24.0. The summed E-state index contributed by atoms with van der Waals surface area (Å²) >= 11 is 0. The minimum absolute atomic E-state index is 0.0342. The maximum absolute atomic E-state index is 13.5. The number of benzene rings is 1. The lowest BCUT2D eigenvalue weighted by Gasteiger charge is -2.31. The maximum atomic E-state index is 13.5. The molecule has 1 saturated heterocycles. The molecule has 8 nitrogen and oxygen atoms in total. The number of ether oxygens (including phenoxy) is 1. The summed E-state index contributed by atoms with van der Waals surface area (Å²) < 4.78 is 33.4. The molecule has 1 fully saturated rings. The summed E-state index contributed by atoms with van der Waals surface area (Å²) in [4.78, 5) is 28.2. The van der Waals surface area contributed by atoms with Crippen molar-refractivity contribution in [1.29, 1.82) is 0 Å². The molecule has 1 amide bonds. The number of anilines is 1. The van der Waals surface area contributed by atoms with Gasteiger partial charge in [0.25, 0.3) is 0 Å². The second-order valence-electron chi connectivity index (χ2n) is 8.04. The summed E-state index contributed by atoms with van der Waals surface area (Å²) in [6.45, 7) is 7.51. The lowest BCUT2D eigenvalue weighted by Crippen LogP contribution is -2.44. The largest absolute Gasteiger partial charge is 0.462 e. The molecule has 9 heteroatoms. The summed E-state index contributed by atoms with van der Waals surface area (Å²) in [6, 6.07) is 7.62. The van der Waals surface area contributed by atoms with Gasteiger partial charge in [0.1, 0.15) is 10.5 Å². The first-order chi connectivity index (χ1) is 15.2. The average molecular weight is 462 g/mol. The van der Waals surface area contributed by atoms with Crippen LogP contribution in [0.3, 0.4) is 0 Å². The molecule has 0 radical (unpaired) electrons. The van der Waals surface area contributed by atoms with Gasteiger partial charge in [0.2, 0.25) is 15.9 Å². The molecule has 1 aromatic carbocycles. The molecule has 174 valence electrons. The number of aromatic amines is 1. The van der Waals surface area contributed by atoms with E-state index in [1.54, 1.807) is 20.8 Å². The zero-order valence-corrected chi connectivity index (χ0v) is 19.8. The number of nitrogens with zero attached hydrogens (tertiary/aromatic N) is 1. The van der Waals surface area contributed by atoms with E-state index in [0.717, 1.165) is 6.42 Å². The summed E-state index contributed by atoms with van der Waals surface area (Å²) in [5.41, 5.74) is 2.72. The molecule has 0 spiro atoms. The highest BCUT2D eigenvalue weighted by Gasteiger charge is 2.38. The standard InChI is InChI=1S/C23H31N3O5S/c1-5-17-9-11-19(12-10-17)25-22(27)18-8-7-13-26(14-18)32(29,30)21-16(4)24-15(3)20(21)23(28)31-6-2/h9-12,18,24H,5-8,13-14H2,1-4H3,(H,25,27)/t18-/m1/s1. The number of nitrogens with one attached hydrogen (secondary N) is 2. The minimum atomic E-state index is -3.99. The van der Waals surface area contributed by atoms with Crippen LogP contribution < -0.4 is 5.32 Å². The highest BCUT2D eigenvalue weighted by Crippen LogP contribution is 2.31. The Bertz CT molecular complexity index is 1090. The van der Waals surface area contributed by atoms with Crippen molar-refractivity contribution in [2.75, 3.05) is 25.0 Å². The van der Waals surface area contributed by atoms with Crippen molar-refractivity contribution in [2.24, 2.45) is 5.92 Å². The molecule has 1 aliphatic heterocycles. The van der Waals surface area contributed by atoms with E-state index in [0.29, 0.717) is 36.5 Å². The summed E-state index contributed by atoms with van der Waals surface area (Å²) in [5, 5.41) is 2.90. The van der Waals surface area contributed by atoms with Crippen LogP contribution in [0.15, 0.2) is 29.2 Å². The Morgan fingerprint density at radius 2 is 1.84 bits per heavy atom. The predicted molar refractivity (Wildman–Crippen MR) is 122 cm³/mol. The second-order valence-corrected chi connectivity index (χ2v) is 9.92. The van der Waals surface area contributed by atoms with Crippen LogP contribution in [-0.2, 0) is 26.0 Å². The molecule has 0 aliphatic carbocycles. The van der Waals surface area contributed by atoms with Gasteiger partial charge in [-0.1, -0.05) is 19.1 Å². The summed E-state index contributed by atoms with van der Waals surface area (Å²) in [6.07, 6.45) is 2.07. The van der Waals surface area contributed by atoms with Crippen LogP contribution in [0.1, 0.15) is 54.0 Å². The maximum Gasteiger partial charge on any atom is 0.341 e. The number of hydrogen-bond donors (Lipinski definition) is 2. The van der Waals surface area contributed by atoms with Gasteiger partial charge >= 0.3 is 5.97 Å². The van der Waals surface area contributed by atoms with E-state index in [1.165, 1.54) is 9.87 Å². The van der Waals surface area contributed by atoms with Crippen LogP contribution in [-0.4, -0.2) is 49.3 Å². The van der Waals surface area contributed by atoms with Gasteiger partial charge in [0.15, 0.2) is 0 Å².